The molecular formula is C9H17N3O. The number of aromatic nitrogens is 2. The van der Waals surface area contributed by atoms with Crippen LogP contribution in [0.5, 0.6) is 5.75 Å². The molecule has 1 rings (SSSR count). The molecule has 0 saturated heterocycles. The highest BCUT2D eigenvalue weighted by Crippen LogP contribution is 2.25. The van der Waals surface area contributed by atoms with Crippen molar-refractivity contribution in [1.82, 2.24) is 9.78 Å². The van der Waals surface area contributed by atoms with Crippen molar-refractivity contribution < 1.29 is 4.74 Å². The third-order valence-electron chi connectivity index (χ3n) is 1.94. The Morgan fingerprint density at radius 2 is 2.08 bits per heavy atom. The first-order valence-electron chi connectivity index (χ1n) is 4.45. The van der Waals surface area contributed by atoms with Crippen LogP contribution >= 0.6 is 0 Å². The van der Waals surface area contributed by atoms with Gasteiger partial charge in [0, 0.05) is 12.1 Å². The molecule has 1 unspecified atom stereocenters. The van der Waals surface area contributed by atoms with Crippen LogP contribution in [-0.2, 0) is 0 Å². The molecule has 1 aromatic rings. The average Bonchev–Trinajstić information content (AvgIpc) is 2.46. The quantitative estimate of drug-likeness (QED) is 0.772. The van der Waals surface area contributed by atoms with Gasteiger partial charge >= 0.3 is 0 Å². The fraction of sp³-hybridized carbons (Fsp3) is 0.667. The van der Waals surface area contributed by atoms with E-state index in [1.165, 1.54) is 0 Å². The Morgan fingerprint density at radius 3 is 2.46 bits per heavy atom. The van der Waals surface area contributed by atoms with Crippen molar-refractivity contribution in [3.8, 4) is 5.75 Å². The highest BCUT2D eigenvalue weighted by atomic mass is 16.5. The van der Waals surface area contributed by atoms with E-state index in [2.05, 4.69) is 18.9 Å². The molecule has 0 saturated carbocycles. The summed E-state index contributed by atoms with van der Waals surface area (Å²) in [6.45, 7) is 6.06. The zero-order valence-electron chi connectivity index (χ0n) is 8.61. The molecule has 0 spiro atoms. The van der Waals surface area contributed by atoms with Crippen molar-refractivity contribution in [1.29, 1.82) is 0 Å². The van der Waals surface area contributed by atoms with Crippen molar-refractivity contribution >= 4 is 0 Å². The second kappa shape index (κ2) is 3.79. The molecule has 0 aliphatic heterocycles. The minimum absolute atomic E-state index is 0.0557. The maximum absolute atomic E-state index is 5.83. The fourth-order valence-corrected chi connectivity index (χ4v) is 1.36. The van der Waals surface area contributed by atoms with Gasteiger partial charge in [0.15, 0.2) is 5.75 Å². The maximum atomic E-state index is 5.83. The molecule has 1 heterocycles. The summed E-state index contributed by atoms with van der Waals surface area (Å²) in [6.07, 6.45) is 1.71. The van der Waals surface area contributed by atoms with Crippen LogP contribution in [0.25, 0.3) is 0 Å². The minimum Gasteiger partial charge on any atom is -0.493 e. The lowest BCUT2D eigenvalue weighted by atomic mass is 10.2. The molecule has 13 heavy (non-hydrogen) atoms. The van der Waals surface area contributed by atoms with E-state index in [0.717, 1.165) is 11.4 Å². The summed E-state index contributed by atoms with van der Waals surface area (Å²) in [7, 11) is 1.63. The van der Waals surface area contributed by atoms with E-state index in [9.17, 15) is 0 Å². The van der Waals surface area contributed by atoms with Crippen LogP contribution in [0.4, 0.5) is 0 Å². The second-order valence-corrected chi connectivity index (χ2v) is 3.43. The van der Waals surface area contributed by atoms with E-state index in [0.29, 0.717) is 6.04 Å². The SMILES string of the molecule is COc1cnn(C(C)C)c1C(C)N. The molecule has 0 bridgehead atoms. The van der Waals surface area contributed by atoms with E-state index in [1.54, 1.807) is 13.3 Å². The van der Waals surface area contributed by atoms with E-state index < -0.39 is 0 Å². The lowest BCUT2D eigenvalue weighted by Gasteiger charge is -2.14. The summed E-state index contributed by atoms with van der Waals surface area (Å²) in [6, 6.07) is 0.254. The van der Waals surface area contributed by atoms with Gasteiger partial charge in [-0.15, -0.1) is 0 Å². The predicted octanol–water partition coefficient (Wildman–Crippen LogP) is 1.49. The van der Waals surface area contributed by atoms with Crippen LogP contribution in [0, 0.1) is 0 Å². The molecule has 1 atom stereocenters. The summed E-state index contributed by atoms with van der Waals surface area (Å²) in [4.78, 5) is 0. The maximum Gasteiger partial charge on any atom is 0.161 e. The molecule has 74 valence electrons. The topological polar surface area (TPSA) is 53.1 Å². The first-order valence-corrected chi connectivity index (χ1v) is 4.45. The van der Waals surface area contributed by atoms with Crippen molar-refractivity contribution in [2.75, 3.05) is 7.11 Å². The largest absolute Gasteiger partial charge is 0.493 e. The van der Waals surface area contributed by atoms with Crippen molar-refractivity contribution in [3.05, 3.63) is 11.9 Å². The standard InChI is InChI=1S/C9H17N3O/c1-6(2)12-9(7(3)10)8(13-4)5-11-12/h5-7H,10H2,1-4H3. The van der Waals surface area contributed by atoms with Gasteiger partial charge in [-0.25, -0.2) is 0 Å². The lowest BCUT2D eigenvalue weighted by Crippen LogP contribution is -2.15. The molecule has 2 N–H and O–H groups in total. The van der Waals surface area contributed by atoms with Crippen LogP contribution in [-0.4, -0.2) is 16.9 Å². The number of ether oxygens (including phenoxy) is 1. The van der Waals surface area contributed by atoms with E-state index in [4.69, 9.17) is 10.5 Å². The molecule has 4 heteroatoms. The average molecular weight is 183 g/mol. The lowest BCUT2D eigenvalue weighted by molar-refractivity contribution is 0.399. The summed E-state index contributed by atoms with van der Waals surface area (Å²) in [5.74, 6) is 0.767. The van der Waals surface area contributed by atoms with Crippen molar-refractivity contribution in [2.24, 2.45) is 5.73 Å². The molecule has 1 aromatic heterocycles. The third-order valence-corrected chi connectivity index (χ3v) is 1.94. The molecule has 0 aliphatic rings. The minimum atomic E-state index is -0.0557. The normalized spacial score (nSPS) is 13.4. The molecule has 4 nitrogen and oxygen atoms in total. The van der Waals surface area contributed by atoms with Gasteiger partial charge in [0.2, 0.25) is 0 Å². The van der Waals surface area contributed by atoms with E-state index >= 15 is 0 Å². The van der Waals surface area contributed by atoms with Gasteiger partial charge in [-0.05, 0) is 20.8 Å². The summed E-state index contributed by atoms with van der Waals surface area (Å²) >= 11 is 0. The Morgan fingerprint density at radius 1 is 1.46 bits per heavy atom. The van der Waals surface area contributed by atoms with Gasteiger partial charge in [0.05, 0.1) is 19.0 Å². The van der Waals surface area contributed by atoms with Crippen molar-refractivity contribution in [3.63, 3.8) is 0 Å². The zero-order chi connectivity index (χ0) is 10.0. The van der Waals surface area contributed by atoms with E-state index in [1.807, 2.05) is 11.6 Å². The second-order valence-electron chi connectivity index (χ2n) is 3.43. The molecular weight excluding hydrogens is 166 g/mol. The van der Waals surface area contributed by atoms with Crippen LogP contribution in [0.3, 0.4) is 0 Å². The fourth-order valence-electron chi connectivity index (χ4n) is 1.36. The molecule has 0 fully saturated rings. The Hall–Kier alpha value is -1.03. The molecule has 0 amide bonds. The van der Waals surface area contributed by atoms with Gasteiger partial charge in [-0.1, -0.05) is 0 Å². The number of nitrogens with zero attached hydrogens (tertiary/aromatic N) is 2. The Bertz CT molecular complexity index is 278. The van der Waals surface area contributed by atoms with Gasteiger partial charge in [-0.3, -0.25) is 4.68 Å². The van der Waals surface area contributed by atoms with Crippen LogP contribution in [0.2, 0.25) is 0 Å². The molecule has 0 aromatic carbocycles. The third kappa shape index (κ3) is 1.83. The first-order chi connectivity index (χ1) is 6.07. The van der Waals surface area contributed by atoms with Gasteiger partial charge in [-0.2, -0.15) is 5.10 Å². The zero-order valence-corrected chi connectivity index (χ0v) is 8.61. The Balaban J connectivity index is 3.14. The number of nitrogens with two attached hydrogens (primary N) is 1. The molecule has 0 radical (unpaired) electrons. The number of hydrogen-bond donors (Lipinski definition) is 1. The van der Waals surface area contributed by atoms with Gasteiger partial charge in [0.25, 0.3) is 0 Å². The van der Waals surface area contributed by atoms with Crippen LogP contribution in [0.1, 0.15) is 38.5 Å². The van der Waals surface area contributed by atoms with Crippen LogP contribution in [0.15, 0.2) is 6.20 Å². The number of hydrogen-bond acceptors (Lipinski definition) is 3. The predicted molar refractivity (Wildman–Crippen MR) is 51.8 cm³/mol. The summed E-state index contributed by atoms with van der Waals surface area (Å²) in [5.41, 5.74) is 6.79. The molecule has 0 aliphatic carbocycles. The summed E-state index contributed by atoms with van der Waals surface area (Å²) < 4.78 is 7.07. The number of methoxy groups -OCH3 is 1. The Labute approximate surface area is 78.7 Å². The van der Waals surface area contributed by atoms with Crippen LogP contribution < -0.4 is 10.5 Å². The highest BCUT2D eigenvalue weighted by Gasteiger charge is 2.16. The van der Waals surface area contributed by atoms with Gasteiger partial charge in [0.1, 0.15) is 0 Å². The van der Waals surface area contributed by atoms with Gasteiger partial charge < -0.3 is 10.5 Å². The highest BCUT2D eigenvalue weighted by molar-refractivity contribution is 5.27. The first kappa shape index (κ1) is 10.1. The Kier molecular flexibility index (Phi) is 2.93. The van der Waals surface area contributed by atoms with Crippen molar-refractivity contribution in [2.45, 2.75) is 32.9 Å². The van der Waals surface area contributed by atoms with E-state index in [-0.39, 0.29) is 6.04 Å². The monoisotopic (exact) mass is 183 g/mol. The smallest absolute Gasteiger partial charge is 0.161 e. The summed E-state index contributed by atoms with van der Waals surface area (Å²) in [5, 5.41) is 4.22. The number of rotatable bonds is 3.